The number of ether oxygens (including phenoxy) is 1. The fourth-order valence-electron chi connectivity index (χ4n) is 5.19. The molecule has 0 aromatic heterocycles. The number of hydrogen-bond acceptors (Lipinski definition) is 6. The van der Waals surface area contributed by atoms with Gasteiger partial charge in [0, 0.05) is 12.8 Å². The van der Waals surface area contributed by atoms with Gasteiger partial charge in [0.25, 0.3) is 0 Å². The van der Waals surface area contributed by atoms with Gasteiger partial charge in [0.05, 0.1) is 13.2 Å². The first-order valence-electron chi connectivity index (χ1n) is 19.8. The van der Waals surface area contributed by atoms with E-state index in [9.17, 15) is 19.2 Å². The molecule has 0 radical (unpaired) electrons. The van der Waals surface area contributed by atoms with Gasteiger partial charge in [0.1, 0.15) is 12.1 Å². The molecule has 2 unspecified atom stereocenters. The SMILES string of the molecule is CC/C=C\C/C=C\C/C=C\CCCCCCCCCC(=O)OC(/C=C\C/C=C\C/C=C\CC)CCCCCCC(=O)NCC(=O)NC(CO)C(=O)O. The zero-order chi connectivity index (χ0) is 38.3. The first kappa shape index (κ1) is 48.3. The maximum atomic E-state index is 12.7. The highest BCUT2D eigenvalue weighted by Crippen LogP contribution is 2.15. The van der Waals surface area contributed by atoms with Crippen molar-refractivity contribution in [3.05, 3.63) is 72.9 Å². The molecule has 9 nitrogen and oxygen atoms in total. The van der Waals surface area contributed by atoms with E-state index in [0.717, 1.165) is 89.9 Å². The van der Waals surface area contributed by atoms with Gasteiger partial charge in [-0.15, -0.1) is 0 Å². The van der Waals surface area contributed by atoms with E-state index in [1.54, 1.807) is 0 Å². The quantitative estimate of drug-likeness (QED) is 0.0294. The molecule has 4 N–H and O–H groups in total. The first-order chi connectivity index (χ1) is 25.3. The molecule has 9 heteroatoms. The Morgan fingerprint density at radius 2 is 1.10 bits per heavy atom. The van der Waals surface area contributed by atoms with E-state index in [1.165, 1.54) is 25.7 Å². The molecule has 0 aromatic carbocycles. The van der Waals surface area contributed by atoms with Crippen LogP contribution in [0, 0.1) is 0 Å². The number of hydrogen-bond donors (Lipinski definition) is 4. The fraction of sp³-hybridized carbons (Fsp3) is 0.628. The monoisotopic (exact) mass is 727 g/mol. The van der Waals surface area contributed by atoms with Gasteiger partial charge in [-0.2, -0.15) is 0 Å². The Labute approximate surface area is 314 Å². The summed E-state index contributed by atoms with van der Waals surface area (Å²) in [6.07, 6.45) is 45.2. The Morgan fingerprint density at radius 3 is 1.67 bits per heavy atom. The Hall–Kier alpha value is -3.72. The molecule has 0 aliphatic carbocycles. The number of esters is 1. The van der Waals surface area contributed by atoms with Gasteiger partial charge in [-0.05, 0) is 83.1 Å². The van der Waals surface area contributed by atoms with Crippen molar-refractivity contribution in [2.45, 2.75) is 161 Å². The van der Waals surface area contributed by atoms with E-state index < -0.39 is 24.5 Å². The lowest BCUT2D eigenvalue weighted by Gasteiger charge is -2.15. The number of aliphatic hydroxyl groups excluding tert-OH is 1. The third-order valence-corrected chi connectivity index (χ3v) is 8.18. The zero-order valence-corrected chi connectivity index (χ0v) is 32.3. The summed E-state index contributed by atoms with van der Waals surface area (Å²) in [5.74, 6) is -2.46. The number of aliphatic hydroxyl groups is 1. The van der Waals surface area contributed by atoms with Crippen LogP contribution in [0.15, 0.2) is 72.9 Å². The Bertz CT molecular complexity index is 1110. The van der Waals surface area contributed by atoms with E-state index in [1.807, 2.05) is 6.08 Å². The van der Waals surface area contributed by atoms with Crippen molar-refractivity contribution >= 4 is 23.8 Å². The average Bonchev–Trinajstić information content (AvgIpc) is 3.13. The van der Waals surface area contributed by atoms with Crippen LogP contribution in [-0.2, 0) is 23.9 Å². The number of nitrogens with one attached hydrogen (secondary N) is 2. The van der Waals surface area contributed by atoms with Crippen LogP contribution in [0.3, 0.4) is 0 Å². The number of rotatable bonds is 34. The van der Waals surface area contributed by atoms with E-state index in [4.69, 9.17) is 14.9 Å². The minimum atomic E-state index is -1.40. The highest BCUT2D eigenvalue weighted by molar-refractivity contribution is 5.87. The molecule has 0 heterocycles. The summed E-state index contributed by atoms with van der Waals surface area (Å²) < 4.78 is 5.86. The molecule has 52 heavy (non-hydrogen) atoms. The van der Waals surface area contributed by atoms with E-state index in [2.05, 4.69) is 91.3 Å². The number of unbranched alkanes of at least 4 members (excludes halogenated alkanes) is 10. The molecule has 0 saturated carbocycles. The van der Waals surface area contributed by atoms with Crippen molar-refractivity contribution in [3.63, 3.8) is 0 Å². The smallest absolute Gasteiger partial charge is 0.328 e. The number of allylic oxidation sites excluding steroid dienone is 11. The van der Waals surface area contributed by atoms with Gasteiger partial charge in [-0.1, -0.05) is 126 Å². The molecular weight excluding hydrogens is 656 g/mol. The molecule has 0 rings (SSSR count). The summed E-state index contributed by atoms with van der Waals surface area (Å²) in [5, 5.41) is 22.5. The lowest BCUT2D eigenvalue weighted by atomic mass is 10.1. The zero-order valence-electron chi connectivity index (χ0n) is 32.3. The number of aliphatic carboxylic acids is 1. The number of carboxylic acid groups (broad SMARTS) is 1. The maximum Gasteiger partial charge on any atom is 0.328 e. The Kier molecular flexibility index (Phi) is 34.4. The summed E-state index contributed by atoms with van der Waals surface area (Å²) in [6, 6.07) is -1.40. The molecular formula is C43H70N2O7. The maximum absolute atomic E-state index is 12.7. The minimum Gasteiger partial charge on any atom is -0.480 e. The molecule has 0 fully saturated rings. The minimum absolute atomic E-state index is 0.150. The third kappa shape index (κ3) is 33.4. The number of carboxylic acids is 1. The van der Waals surface area contributed by atoms with E-state index in [-0.39, 0.29) is 30.9 Å². The second-order valence-electron chi connectivity index (χ2n) is 13.0. The summed E-state index contributed by atoms with van der Waals surface area (Å²) in [7, 11) is 0. The largest absolute Gasteiger partial charge is 0.480 e. The van der Waals surface area contributed by atoms with Crippen LogP contribution in [0.5, 0.6) is 0 Å². The van der Waals surface area contributed by atoms with Crippen molar-refractivity contribution in [1.29, 1.82) is 0 Å². The normalized spacial score (nSPS) is 13.3. The van der Waals surface area contributed by atoms with Crippen molar-refractivity contribution in [3.8, 4) is 0 Å². The van der Waals surface area contributed by atoms with Crippen LogP contribution < -0.4 is 10.6 Å². The van der Waals surface area contributed by atoms with Crippen LogP contribution in [0.25, 0.3) is 0 Å². The van der Waals surface area contributed by atoms with Crippen LogP contribution >= 0.6 is 0 Å². The molecule has 0 spiro atoms. The second kappa shape index (κ2) is 37.1. The molecule has 294 valence electrons. The third-order valence-electron chi connectivity index (χ3n) is 8.18. The summed E-state index contributed by atoms with van der Waals surface area (Å²) in [5.41, 5.74) is 0. The average molecular weight is 727 g/mol. The highest BCUT2D eigenvalue weighted by atomic mass is 16.5. The van der Waals surface area contributed by atoms with Gasteiger partial charge in [-0.25, -0.2) is 4.79 Å². The van der Waals surface area contributed by atoms with Gasteiger partial charge in [-0.3, -0.25) is 14.4 Å². The Balaban J connectivity index is 4.33. The van der Waals surface area contributed by atoms with Crippen molar-refractivity contribution in [1.82, 2.24) is 10.6 Å². The van der Waals surface area contributed by atoms with Gasteiger partial charge < -0.3 is 25.6 Å². The first-order valence-corrected chi connectivity index (χ1v) is 19.8. The lowest BCUT2D eigenvalue weighted by Crippen LogP contribution is -2.47. The predicted molar refractivity (Wildman–Crippen MR) is 213 cm³/mol. The van der Waals surface area contributed by atoms with Crippen molar-refractivity contribution in [2.24, 2.45) is 0 Å². The highest BCUT2D eigenvalue weighted by Gasteiger charge is 2.18. The molecule has 0 aromatic rings. The number of carbonyl (C=O) groups excluding carboxylic acids is 3. The van der Waals surface area contributed by atoms with Gasteiger partial charge in [0.2, 0.25) is 11.8 Å². The van der Waals surface area contributed by atoms with Crippen molar-refractivity contribution in [2.75, 3.05) is 13.2 Å². The molecule has 0 bridgehead atoms. The van der Waals surface area contributed by atoms with Crippen LogP contribution in [0.1, 0.15) is 149 Å². The predicted octanol–water partition coefficient (Wildman–Crippen LogP) is 9.15. The molecule has 2 atom stereocenters. The summed E-state index contributed by atoms with van der Waals surface area (Å²) >= 11 is 0. The topological polar surface area (TPSA) is 142 Å². The molecule has 0 aliphatic heterocycles. The van der Waals surface area contributed by atoms with Crippen LogP contribution in [0.2, 0.25) is 0 Å². The number of carbonyl (C=O) groups is 4. The molecule has 0 aliphatic rings. The standard InChI is InChI=1S/C43H70N2O7/c1-3-5-7-9-11-13-14-15-16-17-18-19-20-21-23-25-31-35-42(49)52-38(32-28-24-22-12-10-8-6-4-2)33-29-26-27-30-34-40(47)44-36-41(48)45-39(37-46)43(50)51/h5-8,11-13,15-16,22,28,32,38-39,46H,3-4,9-10,14,17-21,23-27,29-31,33-37H2,1-2H3,(H,44,47)(H,45,48)(H,50,51)/b7-5-,8-6-,13-11-,16-15-,22-12-,32-28-. The summed E-state index contributed by atoms with van der Waals surface area (Å²) in [6.45, 7) is 3.19. The molecule has 0 saturated heterocycles. The van der Waals surface area contributed by atoms with Crippen molar-refractivity contribution < 1.29 is 34.1 Å². The van der Waals surface area contributed by atoms with Crippen LogP contribution in [0.4, 0.5) is 0 Å². The number of amides is 2. The van der Waals surface area contributed by atoms with E-state index in [0.29, 0.717) is 12.8 Å². The summed E-state index contributed by atoms with van der Waals surface area (Å²) in [4.78, 5) is 47.4. The van der Waals surface area contributed by atoms with Crippen LogP contribution in [-0.4, -0.2) is 59.3 Å². The molecule has 2 amide bonds. The van der Waals surface area contributed by atoms with E-state index >= 15 is 0 Å². The second-order valence-corrected chi connectivity index (χ2v) is 13.0. The van der Waals surface area contributed by atoms with Gasteiger partial charge in [0.15, 0.2) is 0 Å². The van der Waals surface area contributed by atoms with Gasteiger partial charge >= 0.3 is 11.9 Å². The fourth-order valence-corrected chi connectivity index (χ4v) is 5.19. The Morgan fingerprint density at radius 1 is 0.596 bits per heavy atom. The lowest BCUT2D eigenvalue weighted by molar-refractivity contribution is -0.147.